The minimum atomic E-state index is -0.912. The van der Waals surface area contributed by atoms with Gasteiger partial charge in [-0.3, -0.25) is 19.5 Å². The molecule has 0 aliphatic carbocycles. The van der Waals surface area contributed by atoms with E-state index in [-0.39, 0.29) is 40.3 Å². The summed E-state index contributed by atoms with van der Waals surface area (Å²) in [6, 6.07) is 9.78. The molecule has 1 aromatic heterocycles. The zero-order valence-electron chi connectivity index (χ0n) is 21.6. The van der Waals surface area contributed by atoms with Gasteiger partial charge in [-0.1, -0.05) is 36.5 Å². The van der Waals surface area contributed by atoms with Crippen LogP contribution < -0.4 is 19.6 Å². The van der Waals surface area contributed by atoms with Gasteiger partial charge in [0.25, 0.3) is 11.2 Å². The van der Waals surface area contributed by atoms with Crippen LogP contribution in [0.1, 0.15) is 37.4 Å². The van der Waals surface area contributed by atoms with E-state index in [1.807, 2.05) is 6.92 Å². The number of thiazole rings is 1. The number of hydrogen-bond donors (Lipinski definition) is 1. The Morgan fingerprint density at radius 3 is 2.72 bits per heavy atom. The third-order valence-electron chi connectivity index (χ3n) is 5.95. The lowest BCUT2D eigenvalue weighted by atomic mass is 9.95. The van der Waals surface area contributed by atoms with Gasteiger partial charge in [0.15, 0.2) is 4.80 Å². The Balaban J connectivity index is 1.94. The van der Waals surface area contributed by atoms with Crippen LogP contribution in [0.5, 0.6) is 11.5 Å². The van der Waals surface area contributed by atoms with Crippen molar-refractivity contribution in [2.24, 2.45) is 4.99 Å². The highest BCUT2D eigenvalue weighted by molar-refractivity contribution is 7.07. The molecule has 0 bridgehead atoms. The van der Waals surface area contributed by atoms with Crippen molar-refractivity contribution >= 4 is 29.1 Å². The van der Waals surface area contributed by atoms with Crippen LogP contribution >= 0.6 is 11.3 Å². The topological polar surface area (TPSA) is 142 Å². The smallest absolute Gasteiger partial charge is 0.338 e. The van der Waals surface area contributed by atoms with Crippen molar-refractivity contribution in [1.29, 1.82) is 0 Å². The molecule has 39 heavy (non-hydrogen) atoms. The molecule has 2 heterocycles. The molecule has 11 nitrogen and oxygen atoms in total. The first-order chi connectivity index (χ1) is 18.8. The minimum absolute atomic E-state index is 0.0172. The highest BCUT2D eigenvalue weighted by atomic mass is 32.1. The Morgan fingerprint density at radius 1 is 1.23 bits per heavy atom. The quantitative estimate of drug-likeness (QED) is 0.175. The highest BCUT2D eigenvalue weighted by Crippen LogP contribution is 2.36. The lowest BCUT2D eigenvalue weighted by Crippen LogP contribution is -2.40. The number of fused-ring (bicyclic) bond motifs is 1. The average molecular weight is 554 g/mol. The number of carbonyl (C=O) groups is 1. The van der Waals surface area contributed by atoms with Gasteiger partial charge in [-0.15, -0.1) is 0 Å². The van der Waals surface area contributed by atoms with E-state index in [0.717, 1.165) is 17.8 Å². The SMILES string of the molecule is CCCOc1ccccc1[C@H]1C(C(=O)OCCOC)=C(C)N=c2s/c(=C/c3cc([N+](=O)[O-])ccc3O)c(=O)n21. The number of esters is 1. The summed E-state index contributed by atoms with van der Waals surface area (Å²) in [6.07, 6.45) is 2.13. The summed E-state index contributed by atoms with van der Waals surface area (Å²) in [7, 11) is 1.49. The van der Waals surface area contributed by atoms with Crippen LogP contribution in [0.3, 0.4) is 0 Å². The molecule has 0 unspecified atom stereocenters. The number of aromatic hydroxyl groups is 1. The summed E-state index contributed by atoms with van der Waals surface area (Å²) < 4.78 is 18.0. The number of carbonyl (C=O) groups excluding carboxylic acids is 1. The molecule has 12 heteroatoms. The van der Waals surface area contributed by atoms with E-state index in [1.165, 1.54) is 36.0 Å². The van der Waals surface area contributed by atoms with Crippen molar-refractivity contribution in [3.05, 3.63) is 94.7 Å². The third-order valence-corrected chi connectivity index (χ3v) is 6.93. The van der Waals surface area contributed by atoms with Crippen molar-refractivity contribution in [2.75, 3.05) is 26.9 Å². The number of hydrogen-bond acceptors (Lipinski definition) is 10. The first-order valence-electron chi connectivity index (χ1n) is 12.1. The molecule has 0 radical (unpaired) electrons. The number of nitro groups is 1. The Bertz CT molecular complexity index is 1620. The normalized spacial score (nSPS) is 15.1. The first kappa shape index (κ1) is 27.7. The van der Waals surface area contributed by atoms with E-state index >= 15 is 0 Å². The van der Waals surface area contributed by atoms with Gasteiger partial charge in [-0.05, 0) is 31.6 Å². The van der Waals surface area contributed by atoms with E-state index in [9.17, 15) is 24.8 Å². The maximum atomic E-state index is 13.8. The number of methoxy groups -OCH3 is 1. The maximum Gasteiger partial charge on any atom is 0.338 e. The van der Waals surface area contributed by atoms with E-state index in [4.69, 9.17) is 14.2 Å². The van der Waals surface area contributed by atoms with Gasteiger partial charge in [-0.25, -0.2) is 9.79 Å². The van der Waals surface area contributed by atoms with Crippen LogP contribution in [-0.2, 0) is 14.3 Å². The highest BCUT2D eigenvalue weighted by Gasteiger charge is 2.35. The van der Waals surface area contributed by atoms with E-state index in [1.54, 1.807) is 31.2 Å². The Labute approximate surface area is 227 Å². The number of phenols is 1. The predicted octanol–water partition coefficient (Wildman–Crippen LogP) is 2.83. The van der Waals surface area contributed by atoms with Crippen LogP contribution in [0.2, 0.25) is 0 Å². The van der Waals surface area contributed by atoms with Gasteiger partial charge in [0.05, 0.1) is 33.9 Å². The Kier molecular flexibility index (Phi) is 8.57. The van der Waals surface area contributed by atoms with Crippen LogP contribution in [0, 0.1) is 10.1 Å². The summed E-state index contributed by atoms with van der Waals surface area (Å²) >= 11 is 1.04. The molecule has 1 aliphatic heterocycles. The third kappa shape index (κ3) is 5.76. The molecular weight excluding hydrogens is 526 g/mol. The number of phenolic OH excluding ortho intramolecular Hbond substituents is 1. The molecular formula is C27H27N3O8S. The van der Waals surface area contributed by atoms with Crippen molar-refractivity contribution < 1.29 is 29.0 Å². The van der Waals surface area contributed by atoms with Gasteiger partial charge in [0.2, 0.25) is 0 Å². The molecule has 4 rings (SSSR count). The van der Waals surface area contributed by atoms with E-state index in [0.29, 0.717) is 28.4 Å². The Morgan fingerprint density at radius 2 is 2.00 bits per heavy atom. The fourth-order valence-electron chi connectivity index (χ4n) is 4.13. The maximum absolute atomic E-state index is 13.8. The van der Waals surface area contributed by atoms with Gasteiger partial charge in [0, 0.05) is 30.4 Å². The average Bonchev–Trinajstić information content (AvgIpc) is 3.22. The monoisotopic (exact) mass is 553 g/mol. The molecule has 0 amide bonds. The van der Waals surface area contributed by atoms with Crippen LogP contribution in [-0.4, -0.2) is 47.5 Å². The van der Waals surface area contributed by atoms with Gasteiger partial charge in [-0.2, -0.15) is 0 Å². The lowest BCUT2D eigenvalue weighted by molar-refractivity contribution is -0.384. The second-order valence-corrected chi connectivity index (χ2v) is 9.61. The number of nitro benzene ring substituents is 1. The second-order valence-electron chi connectivity index (χ2n) is 8.60. The molecule has 0 saturated carbocycles. The van der Waals surface area contributed by atoms with E-state index < -0.39 is 22.5 Å². The lowest BCUT2D eigenvalue weighted by Gasteiger charge is -2.26. The first-order valence-corrected chi connectivity index (χ1v) is 13.0. The molecule has 3 aromatic rings. The Hall–Kier alpha value is -4.29. The van der Waals surface area contributed by atoms with E-state index in [2.05, 4.69) is 4.99 Å². The summed E-state index contributed by atoms with van der Waals surface area (Å²) in [5.74, 6) is -0.360. The molecule has 1 N–H and O–H groups in total. The van der Waals surface area contributed by atoms with Gasteiger partial charge in [0.1, 0.15) is 24.1 Å². The van der Waals surface area contributed by atoms with Crippen LogP contribution in [0.4, 0.5) is 5.69 Å². The number of benzene rings is 2. The predicted molar refractivity (Wildman–Crippen MR) is 144 cm³/mol. The molecule has 0 fully saturated rings. The van der Waals surface area contributed by atoms with Crippen molar-refractivity contribution in [3.63, 3.8) is 0 Å². The molecule has 0 spiro atoms. The number of rotatable bonds is 10. The van der Waals surface area contributed by atoms with Gasteiger partial charge < -0.3 is 19.3 Å². The van der Waals surface area contributed by atoms with Gasteiger partial charge >= 0.3 is 5.97 Å². The summed E-state index contributed by atoms with van der Waals surface area (Å²) in [4.78, 5) is 42.6. The fourth-order valence-corrected chi connectivity index (χ4v) is 5.17. The number of para-hydroxylation sites is 1. The molecule has 204 valence electrons. The summed E-state index contributed by atoms with van der Waals surface area (Å²) in [5.41, 5.74) is 0.505. The fraction of sp³-hybridized carbons (Fsp3) is 0.296. The summed E-state index contributed by atoms with van der Waals surface area (Å²) in [5, 5.41) is 21.5. The van der Waals surface area contributed by atoms with Crippen molar-refractivity contribution in [2.45, 2.75) is 26.3 Å². The van der Waals surface area contributed by atoms with Crippen LogP contribution in [0.25, 0.3) is 6.08 Å². The van der Waals surface area contributed by atoms with Crippen molar-refractivity contribution in [3.8, 4) is 11.5 Å². The molecule has 2 aromatic carbocycles. The number of ether oxygens (including phenoxy) is 3. The largest absolute Gasteiger partial charge is 0.507 e. The zero-order valence-corrected chi connectivity index (χ0v) is 22.4. The van der Waals surface area contributed by atoms with Crippen molar-refractivity contribution in [1.82, 2.24) is 4.57 Å². The second kappa shape index (κ2) is 12.0. The zero-order chi connectivity index (χ0) is 28.1. The summed E-state index contributed by atoms with van der Waals surface area (Å²) in [6.45, 7) is 4.28. The minimum Gasteiger partial charge on any atom is -0.507 e. The standard InChI is InChI=1S/C27H27N3O8S/c1-4-11-37-21-8-6-5-7-19(21)24-23(26(33)38-13-12-36-3)16(2)28-27-29(24)25(32)22(39-27)15-17-14-18(30(34)35)9-10-20(17)31/h5-10,14-15,24,31H,4,11-13H2,1-3H3/b22-15+/t24-/m0/s1. The number of non-ortho nitro benzene ring substituents is 1. The number of nitrogens with zero attached hydrogens (tertiary/aromatic N) is 3. The number of aromatic nitrogens is 1. The molecule has 1 aliphatic rings. The molecule has 0 saturated heterocycles. The molecule has 1 atom stereocenters. The van der Waals surface area contributed by atoms with Crippen LogP contribution in [0.15, 0.2) is 63.5 Å². The number of allylic oxidation sites excluding steroid dienone is 1.